The Morgan fingerprint density at radius 1 is 1.04 bits per heavy atom. The SMILES string of the molecule is CC(C)CC(=O)Nc1ccc(N2CCN(C(=O)c3ccccc3)CC2)c(Cl)c1. The molecular weight excluding hydrogens is 374 g/mol. The van der Waals surface area contributed by atoms with Crippen LogP contribution >= 0.6 is 11.6 Å². The van der Waals surface area contributed by atoms with Crippen LogP contribution in [0.2, 0.25) is 5.02 Å². The molecule has 1 aliphatic heterocycles. The van der Waals surface area contributed by atoms with Crippen LogP contribution in [0.1, 0.15) is 30.6 Å². The number of carbonyl (C=O) groups is 2. The largest absolute Gasteiger partial charge is 0.367 e. The smallest absolute Gasteiger partial charge is 0.253 e. The number of amides is 2. The molecule has 5 nitrogen and oxygen atoms in total. The van der Waals surface area contributed by atoms with Crippen LogP contribution in [0.5, 0.6) is 0 Å². The summed E-state index contributed by atoms with van der Waals surface area (Å²) in [7, 11) is 0. The number of nitrogens with one attached hydrogen (secondary N) is 1. The summed E-state index contributed by atoms with van der Waals surface area (Å²) in [5.41, 5.74) is 2.35. The molecule has 28 heavy (non-hydrogen) atoms. The van der Waals surface area contributed by atoms with Crippen molar-refractivity contribution in [2.24, 2.45) is 5.92 Å². The second-order valence-electron chi connectivity index (χ2n) is 7.46. The fraction of sp³-hybridized carbons (Fsp3) is 0.364. The summed E-state index contributed by atoms with van der Waals surface area (Å²) in [6.07, 6.45) is 0.483. The molecule has 0 radical (unpaired) electrons. The summed E-state index contributed by atoms with van der Waals surface area (Å²) >= 11 is 6.47. The molecule has 2 amide bonds. The van der Waals surface area contributed by atoms with Gasteiger partial charge in [0.2, 0.25) is 5.91 Å². The predicted molar refractivity (Wildman–Crippen MR) is 114 cm³/mol. The molecule has 0 spiro atoms. The van der Waals surface area contributed by atoms with Crippen LogP contribution < -0.4 is 10.2 Å². The Labute approximate surface area is 171 Å². The molecule has 2 aromatic carbocycles. The number of halogens is 1. The molecular formula is C22H26ClN3O2. The van der Waals surface area contributed by atoms with Gasteiger partial charge in [-0.3, -0.25) is 9.59 Å². The molecule has 1 heterocycles. The number of hydrogen-bond acceptors (Lipinski definition) is 3. The molecule has 0 bridgehead atoms. The maximum Gasteiger partial charge on any atom is 0.253 e. The van der Waals surface area contributed by atoms with E-state index in [4.69, 9.17) is 11.6 Å². The second kappa shape index (κ2) is 9.11. The van der Waals surface area contributed by atoms with Crippen molar-refractivity contribution in [1.29, 1.82) is 0 Å². The number of nitrogens with zero attached hydrogens (tertiary/aromatic N) is 2. The Morgan fingerprint density at radius 3 is 2.32 bits per heavy atom. The highest BCUT2D eigenvalue weighted by Gasteiger charge is 2.23. The van der Waals surface area contributed by atoms with Gasteiger partial charge in [-0.1, -0.05) is 43.6 Å². The van der Waals surface area contributed by atoms with Gasteiger partial charge in [-0.15, -0.1) is 0 Å². The third-order valence-electron chi connectivity index (χ3n) is 4.75. The Balaban J connectivity index is 1.60. The average molecular weight is 400 g/mol. The number of anilines is 2. The third-order valence-corrected chi connectivity index (χ3v) is 5.06. The fourth-order valence-electron chi connectivity index (χ4n) is 3.34. The first-order valence-electron chi connectivity index (χ1n) is 9.62. The fourth-order valence-corrected chi connectivity index (χ4v) is 3.64. The van der Waals surface area contributed by atoms with Crippen LogP contribution in [-0.4, -0.2) is 42.9 Å². The average Bonchev–Trinajstić information content (AvgIpc) is 2.68. The van der Waals surface area contributed by atoms with Crippen molar-refractivity contribution >= 4 is 34.8 Å². The first kappa shape index (κ1) is 20.2. The van der Waals surface area contributed by atoms with Crippen LogP contribution in [0.25, 0.3) is 0 Å². The van der Waals surface area contributed by atoms with E-state index in [-0.39, 0.29) is 11.8 Å². The third kappa shape index (κ3) is 5.04. The summed E-state index contributed by atoms with van der Waals surface area (Å²) in [5, 5.41) is 3.49. The number of rotatable bonds is 5. The lowest BCUT2D eigenvalue weighted by atomic mass is 10.1. The molecule has 1 N–H and O–H groups in total. The Kier molecular flexibility index (Phi) is 6.57. The molecule has 0 aliphatic carbocycles. The van der Waals surface area contributed by atoms with Gasteiger partial charge in [0.25, 0.3) is 5.91 Å². The lowest BCUT2D eigenvalue weighted by Gasteiger charge is -2.36. The van der Waals surface area contributed by atoms with Crippen molar-refractivity contribution in [3.05, 3.63) is 59.1 Å². The molecule has 1 fully saturated rings. The van der Waals surface area contributed by atoms with E-state index in [2.05, 4.69) is 10.2 Å². The van der Waals surface area contributed by atoms with Gasteiger partial charge in [-0.2, -0.15) is 0 Å². The minimum absolute atomic E-state index is 0.00754. The van der Waals surface area contributed by atoms with Crippen molar-refractivity contribution in [2.75, 3.05) is 36.4 Å². The normalized spacial score (nSPS) is 14.3. The molecule has 3 rings (SSSR count). The molecule has 2 aromatic rings. The van der Waals surface area contributed by atoms with Gasteiger partial charge in [0.05, 0.1) is 10.7 Å². The Bertz CT molecular complexity index is 831. The lowest BCUT2D eigenvalue weighted by Crippen LogP contribution is -2.48. The van der Waals surface area contributed by atoms with Crippen molar-refractivity contribution in [2.45, 2.75) is 20.3 Å². The van der Waals surface area contributed by atoms with Gasteiger partial charge in [0.15, 0.2) is 0 Å². The highest BCUT2D eigenvalue weighted by Crippen LogP contribution is 2.30. The van der Waals surface area contributed by atoms with Crippen molar-refractivity contribution in [3.8, 4) is 0 Å². The zero-order chi connectivity index (χ0) is 20.1. The predicted octanol–water partition coefficient (Wildman–Crippen LogP) is 4.29. The van der Waals surface area contributed by atoms with E-state index in [9.17, 15) is 9.59 Å². The van der Waals surface area contributed by atoms with Crippen molar-refractivity contribution in [3.63, 3.8) is 0 Å². The van der Waals surface area contributed by atoms with Crippen LogP contribution in [-0.2, 0) is 4.79 Å². The van der Waals surface area contributed by atoms with Gasteiger partial charge >= 0.3 is 0 Å². The van der Waals surface area contributed by atoms with Gasteiger partial charge in [-0.25, -0.2) is 0 Å². The van der Waals surface area contributed by atoms with Gasteiger partial charge in [0, 0.05) is 43.9 Å². The van der Waals surface area contributed by atoms with E-state index in [1.165, 1.54) is 0 Å². The second-order valence-corrected chi connectivity index (χ2v) is 7.86. The topological polar surface area (TPSA) is 52.7 Å². The van der Waals surface area contributed by atoms with E-state index in [1.807, 2.05) is 61.2 Å². The standard InChI is InChI=1S/C22H26ClN3O2/c1-16(2)14-21(27)24-18-8-9-20(19(23)15-18)25-10-12-26(13-11-25)22(28)17-6-4-3-5-7-17/h3-9,15-16H,10-14H2,1-2H3,(H,24,27). The molecule has 0 atom stereocenters. The monoisotopic (exact) mass is 399 g/mol. The van der Waals surface area contributed by atoms with Gasteiger partial charge in [-0.05, 0) is 36.2 Å². The van der Waals surface area contributed by atoms with E-state index in [0.29, 0.717) is 36.1 Å². The summed E-state index contributed by atoms with van der Waals surface area (Å²) in [6, 6.07) is 15.0. The maximum absolute atomic E-state index is 12.6. The number of carbonyl (C=O) groups excluding carboxylic acids is 2. The maximum atomic E-state index is 12.6. The molecule has 148 valence electrons. The molecule has 1 saturated heterocycles. The van der Waals surface area contributed by atoms with Crippen LogP contribution in [0.4, 0.5) is 11.4 Å². The Morgan fingerprint density at radius 2 is 1.71 bits per heavy atom. The van der Waals surface area contributed by atoms with E-state index in [0.717, 1.165) is 24.3 Å². The highest BCUT2D eigenvalue weighted by atomic mass is 35.5. The number of hydrogen-bond donors (Lipinski definition) is 1. The first-order valence-corrected chi connectivity index (χ1v) is 10.0. The van der Waals surface area contributed by atoms with E-state index >= 15 is 0 Å². The summed E-state index contributed by atoms with van der Waals surface area (Å²) in [5.74, 6) is 0.367. The number of piperazine rings is 1. The van der Waals surface area contributed by atoms with E-state index in [1.54, 1.807) is 6.07 Å². The first-order chi connectivity index (χ1) is 13.4. The highest BCUT2D eigenvalue weighted by molar-refractivity contribution is 6.33. The zero-order valence-electron chi connectivity index (χ0n) is 16.3. The van der Waals surface area contributed by atoms with Crippen molar-refractivity contribution < 1.29 is 9.59 Å². The zero-order valence-corrected chi connectivity index (χ0v) is 17.1. The van der Waals surface area contributed by atoms with Crippen LogP contribution in [0, 0.1) is 5.92 Å². The lowest BCUT2D eigenvalue weighted by molar-refractivity contribution is -0.116. The summed E-state index contributed by atoms with van der Waals surface area (Å²) in [6.45, 7) is 6.76. The number of benzene rings is 2. The molecule has 6 heteroatoms. The Hall–Kier alpha value is -2.53. The quantitative estimate of drug-likeness (QED) is 0.816. The van der Waals surface area contributed by atoms with Crippen LogP contribution in [0.3, 0.4) is 0 Å². The molecule has 0 saturated carbocycles. The minimum atomic E-state index is -0.00754. The molecule has 0 unspecified atom stereocenters. The van der Waals surface area contributed by atoms with E-state index < -0.39 is 0 Å². The molecule has 1 aliphatic rings. The van der Waals surface area contributed by atoms with Gasteiger partial charge in [0.1, 0.15) is 0 Å². The van der Waals surface area contributed by atoms with Gasteiger partial charge < -0.3 is 15.1 Å². The summed E-state index contributed by atoms with van der Waals surface area (Å²) in [4.78, 5) is 28.6. The minimum Gasteiger partial charge on any atom is -0.367 e. The molecule has 0 aromatic heterocycles. The van der Waals surface area contributed by atoms with Crippen molar-refractivity contribution in [1.82, 2.24) is 4.90 Å². The summed E-state index contributed by atoms with van der Waals surface area (Å²) < 4.78 is 0. The van der Waals surface area contributed by atoms with Crippen LogP contribution in [0.15, 0.2) is 48.5 Å².